The van der Waals surface area contributed by atoms with Gasteiger partial charge in [-0.15, -0.1) is 0 Å². The SMILES string of the molecule is CCCNC(c1ccc(Cl)cc1Cl)c1ccoc1Br. The van der Waals surface area contributed by atoms with Gasteiger partial charge in [0.1, 0.15) is 0 Å². The van der Waals surface area contributed by atoms with E-state index in [0.717, 1.165) is 24.1 Å². The first-order valence-corrected chi connectivity index (χ1v) is 7.59. The average molecular weight is 363 g/mol. The molecule has 2 rings (SSSR count). The number of halogens is 3. The zero-order valence-electron chi connectivity index (χ0n) is 10.4. The molecule has 1 unspecified atom stereocenters. The Morgan fingerprint density at radius 3 is 2.63 bits per heavy atom. The number of hydrogen-bond acceptors (Lipinski definition) is 2. The van der Waals surface area contributed by atoms with E-state index in [-0.39, 0.29) is 6.04 Å². The van der Waals surface area contributed by atoms with Crippen molar-refractivity contribution in [2.75, 3.05) is 6.54 Å². The second-order valence-corrected chi connectivity index (χ2v) is 5.77. The highest BCUT2D eigenvalue weighted by Crippen LogP contribution is 2.34. The number of hydrogen-bond donors (Lipinski definition) is 1. The quantitative estimate of drug-likeness (QED) is 0.766. The van der Waals surface area contributed by atoms with E-state index in [4.69, 9.17) is 27.6 Å². The third kappa shape index (κ3) is 3.54. The first-order chi connectivity index (χ1) is 9.13. The second-order valence-electron chi connectivity index (χ2n) is 4.20. The monoisotopic (exact) mass is 361 g/mol. The minimum Gasteiger partial charge on any atom is -0.457 e. The first kappa shape index (κ1) is 14.9. The molecular weight excluding hydrogens is 349 g/mol. The third-order valence-electron chi connectivity index (χ3n) is 2.83. The smallest absolute Gasteiger partial charge is 0.174 e. The Balaban J connectivity index is 2.40. The lowest BCUT2D eigenvalue weighted by molar-refractivity contribution is 0.523. The molecular formula is C14H14BrCl2NO. The average Bonchev–Trinajstić information content (AvgIpc) is 2.78. The van der Waals surface area contributed by atoms with Gasteiger partial charge in [-0.3, -0.25) is 0 Å². The second kappa shape index (κ2) is 6.80. The number of nitrogens with one attached hydrogen (secondary N) is 1. The lowest BCUT2D eigenvalue weighted by atomic mass is 10.0. The summed E-state index contributed by atoms with van der Waals surface area (Å²) in [5.41, 5.74) is 2.01. The van der Waals surface area contributed by atoms with Crippen LogP contribution in [0.4, 0.5) is 0 Å². The Bertz CT molecular complexity index is 556. The van der Waals surface area contributed by atoms with Gasteiger partial charge in [0, 0.05) is 15.6 Å². The summed E-state index contributed by atoms with van der Waals surface area (Å²) in [6.07, 6.45) is 2.70. The summed E-state index contributed by atoms with van der Waals surface area (Å²) in [6.45, 7) is 3.01. The summed E-state index contributed by atoms with van der Waals surface area (Å²) in [6, 6.07) is 7.46. The van der Waals surface area contributed by atoms with Crippen molar-refractivity contribution in [3.05, 3.63) is 56.4 Å². The van der Waals surface area contributed by atoms with Crippen molar-refractivity contribution in [3.8, 4) is 0 Å². The fourth-order valence-electron chi connectivity index (χ4n) is 1.92. The molecule has 0 radical (unpaired) electrons. The summed E-state index contributed by atoms with van der Waals surface area (Å²) < 4.78 is 6.03. The van der Waals surface area contributed by atoms with Crippen molar-refractivity contribution in [2.24, 2.45) is 0 Å². The van der Waals surface area contributed by atoms with E-state index in [9.17, 15) is 0 Å². The first-order valence-electron chi connectivity index (χ1n) is 6.04. The normalized spacial score (nSPS) is 12.6. The summed E-state index contributed by atoms with van der Waals surface area (Å²) >= 11 is 15.7. The lowest BCUT2D eigenvalue weighted by Crippen LogP contribution is -2.23. The van der Waals surface area contributed by atoms with E-state index in [2.05, 4.69) is 28.2 Å². The van der Waals surface area contributed by atoms with E-state index in [1.54, 1.807) is 12.3 Å². The Morgan fingerprint density at radius 2 is 2.05 bits per heavy atom. The van der Waals surface area contributed by atoms with Crippen LogP contribution < -0.4 is 5.32 Å². The van der Waals surface area contributed by atoms with E-state index in [1.807, 2.05) is 18.2 Å². The predicted molar refractivity (Wildman–Crippen MR) is 83.0 cm³/mol. The molecule has 0 saturated heterocycles. The minimum absolute atomic E-state index is 0.0159. The Labute approximate surface area is 131 Å². The topological polar surface area (TPSA) is 25.2 Å². The molecule has 0 fully saturated rings. The largest absolute Gasteiger partial charge is 0.457 e. The predicted octanol–water partition coefficient (Wildman–Crippen LogP) is 5.44. The van der Waals surface area contributed by atoms with Crippen molar-refractivity contribution in [1.29, 1.82) is 0 Å². The Kier molecular flexibility index (Phi) is 5.34. The highest BCUT2D eigenvalue weighted by molar-refractivity contribution is 9.10. The number of rotatable bonds is 5. The molecule has 0 spiro atoms. The molecule has 0 bridgehead atoms. The molecule has 2 nitrogen and oxygen atoms in total. The van der Waals surface area contributed by atoms with Gasteiger partial charge in [0.15, 0.2) is 4.67 Å². The van der Waals surface area contributed by atoms with Crippen LogP contribution in [0, 0.1) is 0 Å². The molecule has 1 N–H and O–H groups in total. The maximum atomic E-state index is 6.30. The molecule has 2 aromatic rings. The van der Waals surface area contributed by atoms with Crippen molar-refractivity contribution in [1.82, 2.24) is 5.32 Å². The van der Waals surface area contributed by atoms with Crippen molar-refractivity contribution in [3.63, 3.8) is 0 Å². The molecule has 0 aliphatic carbocycles. The van der Waals surface area contributed by atoms with Gasteiger partial charge >= 0.3 is 0 Å². The van der Waals surface area contributed by atoms with E-state index in [1.165, 1.54) is 0 Å². The zero-order chi connectivity index (χ0) is 13.8. The fraction of sp³-hybridized carbons (Fsp3) is 0.286. The van der Waals surface area contributed by atoms with Crippen LogP contribution in [0.15, 0.2) is 39.6 Å². The molecule has 102 valence electrons. The highest BCUT2D eigenvalue weighted by Gasteiger charge is 2.20. The number of furan rings is 1. The van der Waals surface area contributed by atoms with E-state index < -0.39 is 0 Å². The van der Waals surface area contributed by atoms with Gasteiger partial charge in [0.2, 0.25) is 0 Å². The van der Waals surface area contributed by atoms with Gasteiger partial charge in [0.25, 0.3) is 0 Å². The molecule has 1 aromatic carbocycles. The van der Waals surface area contributed by atoms with Crippen molar-refractivity contribution < 1.29 is 4.42 Å². The zero-order valence-corrected chi connectivity index (χ0v) is 13.5. The Morgan fingerprint density at radius 1 is 1.26 bits per heavy atom. The molecule has 5 heteroatoms. The maximum absolute atomic E-state index is 6.30. The number of benzene rings is 1. The molecule has 0 saturated carbocycles. The van der Waals surface area contributed by atoms with Gasteiger partial charge in [-0.1, -0.05) is 36.2 Å². The molecule has 1 aromatic heterocycles. The minimum atomic E-state index is -0.0159. The van der Waals surface area contributed by atoms with Gasteiger partial charge < -0.3 is 9.73 Å². The molecule has 1 heterocycles. The third-order valence-corrected chi connectivity index (χ3v) is 4.04. The molecule has 1 atom stereocenters. The summed E-state index contributed by atoms with van der Waals surface area (Å²) in [7, 11) is 0. The van der Waals surface area contributed by atoms with Gasteiger partial charge in [0.05, 0.1) is 12.3 Å². The standard InChI is InChI=1S/C14H14BrCl2NO/c1-2-6-18-13(11-5-7-19-14(11)15)10-4-3-9(16)8-12(10)17/h3-5,7-8,13,18H,2,6H2,1H3. The van der Waals surface area contributed by atoms with Gasteiger partial charge in [-0.2, -0.15) is 0 Å². The fourth-order valence-corrected chi connectivity index (χ4v) is 2.91. The molecule has 0 amide bonds. The van der Waals surface area contributed by atoms with Crippen LogP contribution in [-0.4, -0.2) is 6.54 Å². The van der Waals surface area contributed by atoms with E-state index >= 15 is 0 Å². The lowest BCUT2D eigenvalue weighted by Gasteiger charge is -2.19. The van der Waals surface area contributed by atoms with Gasteiger partial charge in [-0.25, -0.2) is 0 Å². The van der Waals surface area contributed by atoms with Crippen molar-refractivity contribution in [2.45, 2.75) is 19.4 Å². The highest BCUT2D eigenvalue weighted by atomic mass is 79.9. The van der Waals surface area contributed by atoms with Crippen LogP contribution in [0.5, 0.6) is 0 Å². The molecule has 0 aliphatic rings. The van der Waals surface area contributed by atoms with E-state index in [0.29, 0.717) is 14.7 Å². The summed E-state index contributed by atoms with van der Waals surface area (Å²) in [5.74, 6) is 0. The summed E-state index contributed by atoms with van der Waals surface area (Å²) in [5, 5.41) is 4.75. The maximum Gasteiger partial charge on any atom is 0.174 e. The van der Waals surface area contributed by atoms with Crippen LogP contribution in [0.3, 0.4) is 0 Å². The van der Waals surface area contributed by atoms with Crippen LogP contribution in [0.25, 0.3) is 0 Å². The van der Waals surface area contributed by atoms with Crippen molar-refractivity contribution >= 4 is 39.1 Å². The molecule has 19 heavy (non-hydrogen) atoms. The summed E-state index contributed by atoms with van der Waals surface area (Å²) in [4.78, 5) is 0. The van der Waals surface area contributed by atoms with Crippen LogP contribution in [0.2, 0.25) is 10.0 Å². The Hall–Kier alpha value is -0.480. The van der Waals surface area contributed by atoms with Crippen LogP contribution in [-0.2, 0) is 0 Å². The molecule has 0 aliphatic heterocycles. The van der Waals surface area contributed by atoms with Crippen LogP contribution in [0.1, 0.15) is 30.5 Å². The van der Waals surface area contributed by atoms with Gasteiger partial charge in [-0.05, 0) is 52.7 Å². The van der Waals surface area contributed by atoms with Crippen LogP contribution >= 0.6 is 39.1 Å².